The van der Waals surface area contributed by atoms with Gasteiger partial charge in [-0.15, -0.1) is 0 Å². The van der Waals surface area contributed by atoms with Crippen LogP contribution in [0, 0.1) is 5.41 Å². The van der Waals surface area contributed by atoms with Crippen LogP contribution in [0.15, 0.2) is 30.3 Å². The number of aliphatic hydroxyl groups is 1. The van der Waals surface area contributed by atoms with E-state index in [9.17, 15) is 5.11 Å². The zero-order chi connectivity index (χ0) is 14.3. The monoisotopic (exact) mass is 270 g/mol. The van der Waals surface area contributed by atoms with Crippen LogP contribution in [0.3, 0.4) is 0 Å². The molecule has 0 aliphatic heterocycles. The van der Waals surface area contributed by atoms with Crippen LogP contribution in [-0.4, -0.2) is 12.2 Å². The first-order chi connectivity index (χ1) is 9.52. The lowest BCUT2D eigenvalue weighted by Gasteiger charge is -2.24. The topological polar surface area (TPSA) is 29.5 Å². The van der Waals surface area contributed by atoms with E-state index in [-0.39, 0.29) is 5.41 Å². The molecule has 0 heterocycles. The van der Waals surface area contributed by atoms with Gasteiger partial charge in [0.1, 0.15) is 5.75 Å². The van der Waals surface area contributed by atoms with Gasteiger partial charge in [0.2, 0.25) is 0 Å². The highest BCUT2D eigenvalue weighted by molar-refractivity contribution is 5.92. The van der Waals surface area contributed by atoms with Gasteiger partial charge in [-0.05, 0) is 47.3 Å². The molecule has 0 aromatic heterocycles. The highest BCUT2D eigenvalue weighted by Crippen LogP contribution is 2.43. The number of aryl methyl sites for hydroxylation is 1. The van der Waals surface area contributed by atoms with Crippen molar-refractivity contribution >= 4 is 10.8 Å². The zero-order valence-corrected chi connectivity index (χ0v) is 12.4. The van der Waals surface area contributed by atoms with Crippen LogP contribution in [0.25, 0.3) is 10.8 Å². The summed E-state index contributed by atoms with van der Waals surface area (Å²) in [4.78, 5) is 0. The molecule has 1 aliphatic carbocycles. The molecular formula is C18H22O2. The van der Waals surface area contributed by atoms with Crippen molar-refractivity contribution in [2.45, 2.75) is 39.2 Å². The van der Waals surface area contributed by atoms with Crippen molar-refractivity contribution in [3.8, 4) is 5.75 Å². The third-order valence-electron chi connectivity index (χ3n) is 4.53. The van der Waals surface area contributed by atoms with Gasteiger partial charge >= 0.3 is 0 Å². The van der Waals surface area contributed by atoms with Crippen LogP contribution < -0.4 is 4.74 Å². The first kappa shape index (κ1) is 13.4. The van der Waals surface area contributed by atoms with Gasteiger partial charge in [-0.3, -0.25) is 0 Å². The summed E-state index contributed by atoms with van der Waals surface area (Å²) in [7, 11) is 1.70. The minimum atomic E-state index is -0.402. The SMILES string of the molecule is COc1cc2c(c3ccccc13)CCC(C)(C)CC2O. The summed E-state index contributed by atoms with van der Waals surface area (Å²) >= 11 is 0. The van der Waals surface area contributed by atoms with Crippen LogP contribution in [0.2, 0.25) is 0 Å². The predicted molar refractivity (Wildman–Crippen MR) is 82.2 cm³/mol. The number of rotatable bonds is 1. The number of methoxy groups -OCH3 is 1. The van der Waals surface area contributed by atoms with Crippen molar-refractivity contribution in [3.05, 3.63) is 41.5 Å². The minimum Gasteiger partial charge on any atom is -0.496 e. The van der Waals surface area contributed by atoms with Gasteiger partial charge in [-0.2, -0.15) is 0 Å². The van der Waals surface area contributed by atoms with Crippen molar-refractivity contribution in [2.24, 2.45) is 5.41 Å². The van der Waals surface area contributed by atoms with Crippen molar-refractivity contribution < 1.29 is 9.84 Å². The molecule has 106 valence electrons. The van der Waals surface area contributed by atoms with E-state index >= 15 is 0 Å². The van der Waals surface area contributed by atoms with Gasteiger partial charge in [-0.25, -0.2) is 0 Å². The van der Waals surface area contributed by atoms with E-state index in [4.69, 9.17) is 4.74 Å². The Balaban J connectivity index is 2.26. The quantitative estimate of drug-likeness (QED) is 0.785. The average molecular weight is 270 g/mol. The Morgan fingerprint density at radius 2 is 1.90 bits per heavy atom. The van der Waals surface area contributed by atoms with E-state index in [0.717, 1.165) is 36.0 Å². The molecule has 1 N–H and O–H groups in total. The Labute approximate surface area is 120 Å². The molecule has 2 heteroatoms. The number of aliphatic hydroxyl groups excluding tert-OH is 1. The van der Waals surface area contributed by atoms with E-state index in [1.54, 1.807) is 7.11 Å². The number of ether oxygens (including phenoxy) is 1. The van der Waals surface area contributed by atoms with Gasteiger partial charge in [-0.1, -0.05) is 38.1 Å². The third-order valence-corrected chi connectivity index (χ3v) is 4.53. The summed E-state index contributed by atoms with van der Waals surface area (Å²) in [5.41, 5.74) is 2.51. The van der Waals surface area contributed by atoms with Crippen LogP contribution in [0.4, 0.5) is 0 Å². The maximum atomic E-state index is 10.6. The summed E-state index contributed by atoms with van der Waals surface area (Å²) in [6.07, 6.45) is 2.53. The zero-order valence-electron chi connectivity index (χ0n) is 12.4. The molecule has 0 spiro atoms. The molecule has 0 radical (unpaired) electrons. The fourth-order valence-electron chi connectivity index (χ4n) is 3.37. The summed E-state index contributed by atoms with van der Waals surface area (Å²) in [5.74, 6) is 0.859. The number of hydrogen-bond acceptors (Lipinski definition) is 2. The number of fused-ring (bicyclic) bond motifs is 3. The summed E-state index contributed by atoms with van der Waals surface area (Å²) in [6.45, 7) is 4.48. The lowest BCUT2D eigenvalue weighted by Crippen LogP contribution is -2.13. The Bertz CT molecular complexity index is 643. The number of benzene rings is 2. The van der Waals surface area contributed by atoms with Crippen molar-refractivity contribution in [1.82, 2.24) is 0 Å². The first-order valence-electron chi connectivity index (χ1n) is 7.28. The van der Waals surface area contributed by atoms with E-state index in [2.05, 4.69) is 32.0 Å². The van der Waals surface area contributed by atoms with Crippen LogP contribution in [0.5, 0.6) is 5.75 Å². The molecular weight excluding hydrogens is 248 g/mol. The van der Waals surface area contributed by atoms with Crippen molar-refractivity contribution in [2.75, 3.05) is 7.11 Å². The molecule has 0 amide bonds. The predicted octanol–water partition coefficient (Wildman–Crippen LogP) is 4.24. The van der Waals surface area contributed by atoms with Gasteiger partial charge < -0.3 is 9.84 Å². The maximum Gasteiger partial charge on any atom is 0.127 e. The van der Waals surface area contributed by atoms with Gasteiger partial charge in [0.25, 0.3) is 0 Å². The smallest absolute Gasteiger partial charge is 0.127 e. The lowest BCUT2D eigenvalue weighted by atomic mass is 9.84. The molecule has 20 heavy (non-hydrogen) atoms. The Hall–Kier alpha value is -1.54. The largest absolute Gasteiger partial charge is 0.496 e. The molecule has 2 aromatic rings. The van der Waals surface area contributed by atoms with Crippen molar-refractivity contribution in [3.63, 3.8) is 0 Å². The van der Waals surface area contributed by atoms with Gasteiger partial charge in [0, 0.05) is 5.39 Å². The van der Waals surface area contributed by atoms with Gasteiger partial charge in [0.05, 0.1) is 13.2 Å². The fourth-order valence-corrected chi connectivity index (χ4v) is 3.37. The van der Waals surface area contributed by atoms with Crippen LogP contribution in [-0.2, 0) is 6.42 Å². The Kier molecular flexibility index (Phi) is 3.21. The highest BCUT2D eigenvalue weighted by atomic mass is 16.5. The average Bonchev–Trinajstić information content (AvgIpc) is 2.54. The molecule has 1 atom stereocenters. The minimum absolute atomic E-state index is 0.173. The molecule has 3 rings (SSSR count). The molecule has 0 saturated carbocycles. The highest BCUT2D eigenvalue weighted by Gasteiger charge is 2.30. The van der Waals surface area contributed by atoms with Crippen molar-refractivity contribution in [1.29, 1.82) is 0 Å². The second-order valence-corrected chi connectivity index (χ2v) is 6.58. The standard InChI is InChI=1S/C18H22O2/c1-18(2)9-8-13-12-6-4-5-7-14(12)17(20-3)10-15(13)16(19)11-18/h4-7,10,16,19H,8-9,11H2,1-3H3. The Morgan fingerprint density at radius 3 is 2.60 bits per heavy atom. The second kappa shape index (κ2) is 4.78. The maximum absolute atomic E-state index is 10.6. The summed E-state index contributed by atoms with van der Waals surface area (Å²) < 4.78 is 5.52. The van der Waals surface area contributed by atoms with Crippen LogP contribution >= 0.6 is 0 Å². The lowest BCUT2D eigenvalue weighted by molar-refractivity contribution is 0.116. The second-order valence-electron chi connectivity index (χ2n) is 6.58. The molecule has 0 fully saturated rings. The van der Waals surface area contributed by atoms with Crippen LogP contribution in [0.1, 0.15) is 43.9 Å². The van der Waals surface area contributed by atoms with E-state index in [1.807, 2.05) is 12.1 Å². The normalized spacial score (nSPS) is 21.3. The Morgan fingerprint density at radius 1 is 1.20 bits per heavy atom. The summed E-state index contributed by atoms with van der Waals surface area (Å²) in [5, 5.41) is 13.0. The molecule has 1 aliphatic rings. The number of hydrogen-bond donors (Lipinski definition) is 1. The molecule has 2 aromatic carbocycles. The van der Waals surface area contributed by atoms with Gasteiger partial charge in [0.15, 0.2) is 0 Å². The fraction of sp³-hybridized carbons (Fsp3) is 0.444. The van der Waals surface area contributed by atoms with E-state index in [1.165, 1.54) is 10.9 Å². The molecule has 0 saturated heterocycles. The third kappa shape index (κ3) is 2.18. The first-order valence-corrected chi connectivity index (χ1v) is 7.28. The summed E-state index contributed by atoms with van der Waals surface area (Å²) in [6, 6.07) is 10.4. The van der Waals surface area contributed by atoms with E-state index < -0.39 is 6.10 Å². The molecule has 0 bridgehead atoms. The molecule has 1 unspecified atom stereocenters. The molecule has 2 nitrogen and oxygen atoms in total. The van der Waals surface area contributed by atoms with E-state index in [0.29, 0.717) is 0 Å².